The van der Waals surface area contributed by atoms with Crippen LogP contribution in [0.25, 0.3) is 10.8 Å². The van der Waals surface area contributed by atoms with Crippen molar-refractivity contribution in [3.05, 3.63) is 90.0 Å². The lowest BCUT2D eigenvalue weighted by molar-refractivity contribution is 0.0935. The summed E-state index contributed by atoms with van der Waals surface area (Å²) in [5, 5.41) is 7.59. The molecule has 0 fully saturated rings. The lowest BCUT2D eigenvalue weighted by Crippen LogP contribution is -2.18. The van der Waals surface area contributed by atoms with Crippen LogP contribution in [0.1, 0.15) is 34.7 Å². The Balaban J connectivity index is 1.54. The molecule has 1 aliphatic rings. The Hall–Kier alpha value is -2.76. The van der Waals surface area contributed by atoms with Gasteiger partial charge in [-0.2, -0.15) is 0 Å². The number of Topliss-reactive ketones (excluding diaryl/α,β-unsaturated/α-hetero) is 1. The largest absolute Gasteiger partial charge is 0.294 e. The number of nitrogens with two attached hydrogens (primary N) is 1. The molecule has 1 aliphatic carbocycles. The topological polar surface area (TPSA) is 77.2 Å². The third-order valence-corrected chi connectivity index (χ3v) is 6.32. The van der Waals surface area contributed by atoms with Gasteiger partial charge < -0.3 is 0 Å². The first-order valence-corrected chi connectivity index (χ1v) is 10.8. The predicted octanol–water partition coefficient (Wildman–Crippen LogP) is 4.42. The zero-order valence-corrected chi connectivity index (χ0v) is 16.1. The van der Waals surface area contributed by atoms with Crippen molar-refractivity contribution in [2.45, 2.75) is 23.7 Å². The Labute approximate surface area is 164 Å². The van der Waals surface area contributed by atoms with E-state index in [9.17, 15) is 13.2 Å². The first-order valence-electron chi connectivity index (χ1n) is 9.26. The van der Waals surface area contributed by atoms with Crippen LogP contribution in [0.5, 0.6) is 0 Å². The van der Waals surface area contributed by atoms with Gasteiger partial charge in [-0.15, -0.1) is 0 Å². The molecule has 142 valence electrons. The molecule has 0 saturated heterocycles. The van der Waals surface area contributed by atoms with Crippen molar-refractivity contribution in [3.8, 4) is 0 Å². The summed E-state index contributed by atoms with van der Waals surface area (Å²) in [6, 6.07) is 20.5. The first kappa shape index (κ1) is 18.6. The number of hydrogen-bond acceptors (Lipinski definition) is 3. The van der Waals surface area contributed by atoms with Crippen LogP contribution in [0.2, 0.25) is 0 Å². The Kier molecular flexibility index (Phi) is 4.87. The number of carbonyl (C=O) groups excluding carboxylic acids is 1. The number of rotatable bonds is 4. The van der Waals surface area contributed by atoms with E-state index < -0.39 is 10.0 Å². The molecule has 4 rings (SSSR count). The summed E-state index contributed by atoms with van der Waals surface area (Å²) in [5.41, 5.74) is 1.79. The van der Waals surface area contributed by atoms with E-state index in [1.54, 1.807) is 0 Å². The molecule has 2 atom stereocenters. The van der Waals surface area contributed by atoms with Crippen LogP contribution in [0, 0.1) is 5.92 Å². The molecule has 0 aromatic heterocycles. The van der Waals surface area contributed by atoms with Gasteiger partial charge >= 0.3 is 0 Å². The maximum absolute atomic E-state index is 12.8. The van der Waals surface area contributed by atoms with Crippen molar-refractivity contribution < 1.29 is 13.2 Å². The van der Waals surface area contributed by atoms with Gasteiger partial charge in [0.15, 0.2) is 5.78 Å². The number of hydrogen-bond donors (Lipinski definition) is 1. The van der Waals surface area contributed by atoms with E-state index in [2.05, 4.69) is 42.5 Å². The molecule has 0 aliphatic heterocycles. The van der Waals surface area contributed by atoms with Gasteiger partial charge in [0.1, 0.15) is 0 Å². The Morgan fingerprint density at radius 3 is 2.25 bits per heavy atom. The van der Waals surface area contributed by atoms with Gasteiger partial charge in [-0.05, 0) is 41.3 Å². The third-order valence-electron chi connectivity index (χ3n) is 5.39. The standard InChI is InChI=1S/C23H21NO3S/c24-28(26,27)20-14-12-19(13-15-20)23(25)18-10-8-17(9-11-18)22-7-3-5-16-4-1-2-6-21(16)22/h1-8,10,12-15,17-18H,9,11H2,(H2,24,26,27). The van der Waals surface area contributed by atoms with Crippen molar-refractivity contribution in [1.82, 2.24) is 0 Å². The van der Waals surface area contributed by atoms with Crippen LogP contribution in [-0.2, 0) is 10.0 Å². The number of sulfonamides is 1. The molecule has 5 heteroatoms. The van der Waals surface area contributed by atoms with Crippen molar-refractivity contribution in [2.75, 3.05) is 0 Å². The summed E-state index contributed by atoms with van der Waals surface area (Å²) >= 11 is 0. The van der Waals surface area contributed by atoms with Crippen molar-refractivity contribution in [2.24, 2.45) is 11.1 Å². The maximum Gasteiger partial charge on any atom is 0.238 e. The summed E-state index contributed by atoms with van der Waals surface area (Å²) in [5.74, 6) is 0.111. The number of carbonyl (C=O) groups is 1. The van der Waals surface area contributed by atoms with Crippen LogP contribution in [-0.4, -0.2) is 14.2 Å². The van der Waals surface area contributed by atoms with E-state index in [0.717, 1.165) is 12.8 Å². The minimum absolute atomic E-state index is 0.00795. The van der Waals surface area contributed by atoms with Gasteiger partial charge in [0.05, 0.1) is 4.90 Å². The molecule has 0 heterocycles. The van der Waals surface area contributed by atoms with Crippen molar-refractivity contribution >= 4 is 26.6 Å². The molecule has 0 bridgehead atoms. The highest BCUT2D eigenvalue weighted by Gasteiger charge is 2.24. The van der Waals surface area contributed by atoms with E-state index in [4.69, 9.17) is 5.14 Å². The lowest BCUT2D eigenvalue weighted by atomic mass is 9.80. The minimum atomic E-state index is -3.75. The number of benzene rings is 3. The molecule has 0 spiro atoms. The van der Waals surface area contributed by atoms with E-state index in [1.807, 2.05) is 12.1 Å². The molecule has 4 nitrogen and oxygen atoms in total. The van der Waals surface area contributed by atoms with Gasteiger partial charge in [0.25, 0.3) is 0 Å². The number of primary sulfonamides is 1. The average molecular weight is 391 g/mol. The zero-order chi connectivity index (χ0) is 19.7. The SMILES string of the molecule is NS(=O)(=O)c1ccc(C(=O)C2C=CC(c3cccc4ccccc34)CC2)cc1. The Morgan fingerprint density at radius 2 is 1.57 bits per heavy atom. The molecular weight excluding hydrogens is 370 g/mol. The van der Waals surface area contributed by atoms with Crippen molar-refractivity contribution in [1.29, 1.82) is 0 Å². The van der Waals surface area contributed by atoms with Gasteiger partial charge in [0, 0.05) is 17.4 Å². The van der Waals surface area contributed by atoms with Crippen LogP contribution >= 0.6 is 0 Å². The predicted molar refractivity (Wildman–Crippen MR) is 111 cm³/mol. The Bertz CT molecular complexity index is 1160. The van der Waals surface area contributed by atoms with Crippen LogP contribution in [0.4, 0.5) is 0 Å². The van der Waals surface area contributed by atoms with Crippen LogP contribution < -0.4 is 5.14 Å². The second-order valence-electron chi connectivity index (χ2n) is 7.18. The second kappa shape index (κ2) is 7.34. The van der Waals surface area contributed by atoms with E-state index in [-0.39, 0.29) is 16.6 Å². The highest BCUT2D eigenvalue weighted by Crippen LogP contribution is 2.35. The molecule has 0 radical (unpaired) electrons. The fourth-order valence-corrected chi connectivity index (χ4v) is 4.41. The fourth-order valence-electron chi connectivity index (χ4n) is 3.89. The van der Waals surface area contributed by atoms with Crippen LogP contribution in [0.15, 0.2) is 83.8 Å². The maximum atomic E-state index is 12.8. The highest BCUT2D eigenvalue weighted by atomic mass is 32.2. The monoisotopic (exact) mass is 391 g/mol. The van der Waals surface area contributed by atoms with Gasteiger partial charge in [-0.1, -0.05) is 66.7 Å². The van der Waals surface area contributed by atoms with Gasteiger partial charge in [-0.25, -0.2) is 13.6 Å². The van der Waals surface area contributed by atoms with E-state index in [0.29, 0.717) is 11.5 Å². The molecule has 28 heavy (non-hydrogen) atoms. The number of fused-ring (bicyclic) bond motifs is 1. The smallest absolute Gasteiger partial charge is 0.238 e. The molecule has 2 unspecified atom stereocenters. The molecular formula is C23H21NO3S. The second-order valence-corrected chi connectivity index (χ2v) is 8.74. The number of ketones is 1. The van der Waals surface area contributed by atoms with Gasteiger partial charge in [-0.3, -0.25) is 4.79 Å². The van der Waals surface area contributed by atoms with Gasteiger partial charge in [0.2, 0.25) is 10.0 Å². The number of allylic oxidation sites excluding steroid dienone is 2. The molecule has 2 N–H and O–H groups in total. The van der Waals surface area contributed by atoms with Crippen LogP contribution in [0.3, 0.4) is 0 Å². The quantitative estimate of drug-likeness (QED) is 0.528. The summed E-state index contributed by atoms with van der Waals surface area (Å²) in [6.07, 6.45) is 5.79. The summed E-state index contributed by atoms with van der Waals surface area (Å²) in [6.45, 7) is 0. The first-order chi connectivity index (χ1) is 13.4. The molecule has 3 aromatic carbocycles. The molecule has 0 amide bonds. The Morgan fingerprint density at radius 1 is 0.857 bits per heavy atom. The zero-order valence-electron chi connectivity index (χ0n) is 15.3. The third kappa shape index (κ3) is 3.63. The lowest BCUT2D eigenvalue weighted by Gasteiger charge is -2.23. The fraction of sp³-hybridized carbons (Fsp3) is 0.174. The normalized spacial score (nSPS) is 19.6. The highest BCUT2D eigenvalue weighted by molar-refractivity contribution is 7.89. The van der Waals surface area contributed by atoms with Crippen molar-refractivity contribution in [3.63, 3.8) is 0 Å². The van der Waals surface area contributed by atoms with E-state index >= 15 is 0 Å². The average Bonchev–Trinajstić information content (AvgIpc) is 2.72. The summed E-state index contributed by atoms with van der Waals surface area (Å²) in [4.78, 5) is 12.8. The van der Waals surface area contributed by atoms with E-state index in [1.165, 1.54) is 40.6 Å². The summed E-state index contributed by atoms with van der Waals surface area (Å²) in [7, 11) is -3.75. The molecule has 0 saturated carbocycles. The minimum Gasteiger partial charge on any atom is -0.294 e. The summed E-state index contributed by atoms with van der Waals surface area (Å²) < 4.78 is 22.7. The molecule has 3 aromatic rings.